The molecule has 3 aromatic rings. The van der Waals surface area contributed by atoms with Crippen molar-refractivity contribution in [2.75, 3.05) is 7.11 Å². The minimum Gasteiger partial charge on any atom is -0.497 e. The molecule has 4 rings (SSSR count). The van der Waals surface area contributed by atoms with E-state index in [1.807, 2.05) is 17.5 Å². The van der Waals surface area contributed by atoms with Gasteiger partial charge in [0.05, 0.1) is 18.2 Å². The molecule has 140 valence electrons. The van der Waals surface area contributed by atoms with Crippen molar-refractivity contribution in [1.29, 1.82) is 0 Å². The maximum absolute atomic E-state index is 12.6. The first kappa shape index (κ1) is 18.0. The van der Waals surface area contributed by atoms with Gasteiger partial charge < -0.3 is 14.2 Å². The summed E-state index contributed by atoms with van der Waals surface area (Å²) in [6, 6.07) is 13.8. The van der Waals surface area contributed by atoms with Gasteiger partial charge in [-0.2, -0.15) is 0 Å². The predicted molar refractivity (Wildman–Crippen MR) is 106 cm³/mol. The second-order valence-corrected chi connectivity index (χ2v) is 7.12. The Morgan fingerprint density at radius 3 is 2.75 bits per heavy atom. The Kier molecular flexibility index (Phi) is 4.71. The number of carbonyl (C=O) groups excluding carboxylic acids is 2. The van der Waals surface area contributed by atoms with Crippen LogP contribution in [0.15, 0.2) is 59.7 Å². The number of carbonyl (C=O) groups is 2. The fraction of sp³-hybridized carbons (Fsp3) is 0.0909. The summed E-state index contributed by atoms with van der Waals surface area (Å²) >= 11 is 1.52. The van der Waals surface area contributed by atoms with E-state index in [4.69, 9.17) is 14.2 Å². The van der Waals surface area contributed by atoms with Crippen LogP contribution in [0, 0.1) is 6.92 Å². The molecule has 0 bridgehead atoms. The van der Waals surface area contributed by atoms with Gasteiger partial charge >= 0.3 is 5.97 Å². The van der Waals surface area contributed by atoms with E-state index in [0.29, 0.717) is 33.9 Å². The topological polar surface area (TPSA) is 61.8 Å². The predicted octanol–water partition coefficient (Wildman–Crippen LogP) is 4.90. The summed E-state index contributed by atoms with van der Waals surface area (Å²) in [4.78, 5) is 26.0. The molecule has 0 amide bonds. The van der Waals surface area contributed by atoms with Crippen LogP contribution in [0.2, 0.25) is 0 Å². The van der Waals surface area contributed by atoms with Crippen LogP contribution in [0.5, 0.6) is 17.2 Å². The molecule has 1 aliphatic heterocycles. The van der Waals surface area contributed by atoms with Crippen LogP contribution in [0.3, 0.4) is 0 Å². The zero-order valence-corrected chi connectivity index (χ0v) is 16.0. The summed E-state index contributed by atoms with van der Waals surface area (Å²) in [7, 11) is 1.53. The van der Waals surface area contributed by atoms with Gasteiger partial charge in [0.25, 0.3) is 0 Å². The van der Waals surface area contributed by atoms with Crippen molar-refractivity contribution in [3.05, 3.63) is 81.2 Å². The molecule has 0 saturated carbocycles. The second-order valence-electron chi connectivity index (χ2n) is 6.14. The van der Waals surface area contributed by atoms with Crippen LogP contribution in [-0.4, -0.2) is 18.9 Å². The maximum Gasteiger partial charge on any atom is 0.343 e. The van der Waals surface area contributed by atoms with E-state index in [0.717, 1.165) is 4.88 Å². The molecular weight excluding hydrogens is 376 g/mol. The molecule has 0 atom stereocenters. The molecule has 0 radical (unpaired) electrons. The molecule has 28 heavy (non-hydrogen) atoms. The van der Waals surface area contributed by atoms with Gasteiger partial charge in [0.15, 0.2) is 5.76 Å². The van der Waals surface area contributed by atoms with Gasteiger partial charge in [0.2, 0.25) is 5.78 Å². The normalized spacial score (nSPS) is 13.9. The smallest absolute Gasteiger partial charge is 0.343 e. The molecule has 0 spiro atoms. The van der Waals surface area contributed by atoms with Crippen molar-refractivity contribution in [1.82, 2.24) is 0 Å². The zero-order valence-electron chi connectivity index (χ0n) is 15.2. The molecule has 1 aromatic heterocycles. The Morgan fingerprint density at radius 1 is 1.14 bits per heavy atom. The first-order valence-electron chi connectivity index (χ1n) is 8.54. The van der Waals surface area contributed by atoms with E-state index in [2.05, 4.69) is 0 Å². The summed E-state index contributed by atoms with van der Waals surface area (Å²) in [5.41, 5.74) is 1.42. The largest absolute Gasteiger partial charge is 0.497 e. The average Bonchev–Trinajstić information content (AvgIpc) is 3.33. The van der Waals surface area contributed by atoms with Crippen LogP contribution < -0.4 is 14.2 Å². The molecule has 0 saturated heterocycles. The molecule has 2 heterocycles. The maximum atomic E-state index is 12.6. The number of ether oxygens (including phenoxy) is 3. The van der Waals surface area contributed by atoms with Gasteiger partial charge in [-0.25, -0.2) is 4.79 Å². The van der Waals surface area contributed by atoms with Crippen LogP contribution in [0.4, 0.5) is 0 Å². The number of benzene rings is 2. The third-order valence-electron chi connectivity index (χ3n) is 4.36. The lowest BCUT2D eigenvalue weighted by Gasteiger charge is -2.10. The molecule has 0 unspecified atom stereocenters. The number of Topliss-reactive ketones (excluding diaryl/α,β-unsaturated/α-hetero) is 1. The quantitative estimate of drug-likeness (QED) is 0.359. The van der Waals surface area contributed by atoms with Gasteiger partial charge in [-0.05, 0) is 48.7 Å². The summed E-state index contributed by atoms with van der Waals surface area (Å²) in [5.74, 6) is 0.896. The third kappa shape index (κ3) is 3.30. The Labute approximate surface area is 165 Å². The average molecular weight is 392 g/mol. The standard InChI is InChI=1S/C22H16O5S/c1-13-18(27-22(24)14-5-3-6-15(11-14)25-2)9-8-17-20(23)19(26-21(13)17)12-16-7-4-10-28-16/h3-12H,1-2H3/b19-12-. The Hall–Kier alpha value is -3.38. The highest BCUT2D eigenvalue weighted by atomic mass is 32.1. The molecule has 1 aliphatic rings. The van der Waals surface area contributed by atoms with Crippen molar-refractivity contribution >= 4 is 29.2 Å². The van der Waals surface area contributed by atoms with E-state index in [1.54, 1.807) is 49.4 Å². The van der Waals surface area contributed by atoms with E-state index in [-0.39, 0.29) is 11.5 Å². The Balaban J connectivity index is 1.61. The molecule has 0 N–H and O–H groups in total. The van der Waals surface area contributed by atoms with Crippen LogP contribution >= 0.6 is 11.3 Å². The van der Waals surface area contributed by atoms with Crippen molar-refractivity contribution in [2.24, 2.45) is 0 Å². The van der Waals surface area contributed by atoms with E-state index in [9.17, 15) is 9.59 Å². The molecule has 2 aromatic carbocycles. The highest BCUT2D eigenvalue weighted by molar-refractivity contribution is 7.10. The summed E-state index contributed by atoms with van der Waals surface area (Å²) in [6.07, 6.45) is 1.72. The van der Waals surface area contributed by atoms with Crippen molar-refractivity contribution < 1.29 is 23.8 Å². The number of esters is 1. The number of hydrogen-bond acceptors (Lipinski definition) is 6. The first-order chi connectivity index (χ1) is 13.6. The molecular formula is C22H16O5S. The van der Waals surface area contributed by atoms with Gasteiger partial charge in [-0.1, -0.05) is 12.1 Å². The van der Waals surface area contributed by atoms with E-state index >= 15 is 0 Å². The van der Waals surface area contributed by atoms with Gasteiger partial charge in [-0.3, -0.25) is 4.79 Å². The van der Waals surface area contributed by atoms with Crippen LogP contribution in [-0.2, 0) is 0 Å². The van der Waals surface area contributed by atoms with Crippen molar-refractivity contribution in [3.8, 4) is 17.2 Å². The fourth-order valence-corrected chi connectivity index (χ4v) is 3.54. The van der Waals surface area contributed by atoms with Gasteiger partial charge in [0, 0.05) is 16.5 Å². The number of rotatable bonds is 4. The fourth-order valence-electron chi connectivity index (χ4n) is 2.89. The molecule has 5 nitrogen and oxygen atoms in total. The molecule has 0 aliphatic carbocycles. The number of hydrogen-bond donors (Lipinski definition) is 0. The lowest BCUT2D eigenvalue weighted by atomic mass is 10.1. The first-order valence-corrected chi connectivity index (χ1v) is 9.42. The number of methoxy groups -OCH3 is 1. The second kappa shape index (κ2) is 7.32. The summed E-state index contributed by atoms with van der Waals surface area (Å²) in [6.45, 7) is 1.76. The van der Waals surface area contributed by atoms with E-state index in [1.165, 1.54) is 18.4 Å². The SMILES string of the molecule is COc1cccc(C(=O)Oc2ccc3c(c2C)O/C(=C\c2cccs2)C3=O)c1. The summed E-state index contributed by atoms with van der Waals surface area (Å²) in [5, 5.41) is 1.93. The van der Waals surface area contributed by atoms with Gasteiger partial charge in [0.1, 0.15) is 17.2 Å². The third-order valence-corrected chi connectivity index (χ3v) is 5.18. The lowest BCUT2D eigenvalue weighted by Crippen LogP contribution is -2.09. The van der Waals surface area contributed by atoms with Crippen LogP contribution in [0.25, 0.3) is 6.08 Å². The van der Waals surface area contributed by atoms with Gasteiger partial charge in [-0.15, -0.1) is 11.3 Å². The monoisotopic (exact) mass is 392 g/mol. The van der Waals surface area contributed by atoms with E-state index < -0.39 is 5.97 Å². The summed E-state index contributed by atoms with van der Waals surface area (Å²) < 4.78 is 16.5. The van der Waals surface area contributed by atoms with Crippen molar-refractivity contribution in [2.45, 2.75) is 6.92 Å². The minimum absolute atomic E-state index is 0.183. The molecule has 6 heteroatoms. The molecule has 0 fully saturated rings. The number of thiophene rings is 1. The number of allylic oxidation sites excluding steroid dienone is 1. The highest BCUT2D eigenvalue weighted by Gasteiger charge is 2.30. The highest BCUT2D eigenvalue weighted by Crippen LogP contribution is 2.39. The van der Waals surface area contributed by atoms with Crippen LogP contribution in [0.1, 0.15) is 31.2 Å². The lowest BCUT2D eigenvalue weighted by molar-refractivity contribution is 0.0732. The number of fused-ring (bicyclic) bond motifs is 1. The Morgan fingerprint density at radius 2 is 2.00 bits per heavy atom. The minimum atomic E-state index is -0.513. The zero-order chi connectivity index (χ0) is 19.7. The Bertz CT molecular complexity index is 1100. The number of ketones is 1. The van der Waals surface area contributed by atoms with Crippen molar-refractivity contribution in [3.63, 3.8) is 0 Å².